The molecule has 0 saturated heterocycles. The summed E-state index contributed by atoms with van der Waals surface area (Å²) in [5.74, 6) is 3.00. The van der Waals surface area contributed by atoms with Crippen LogP contribution in [-0.2, 0) is 11.3 Å². The van der Waals surface area contributed by atoms with Crippen LogP contribution in [0, 0.1) is 18.3 Å². The Morgan fingerprint density at radius 2 is 1.97 bits per heavy atom. The van der Waals surface area contributed by atoms with Crippen molar-refractivity contribution in [2.24, 2.45) is 16.6 Å². The second-order valence-corrected chi connectivity index (χ2v) is 9.98. The van der Waals surface area contributed by atoms with Crippen molar-refractivity contribution >= 4 is 17.8 Å². The first-order valence-corrected chi connectivity index (χ1v) is 11.3. The summed E-state index contributed by atoms with van der Waals surface area (Å²) in [4.78, 5) is 31.8. The van der Waals surface area contributed by atoms with Crippen LogP contribution in [0.2, 0.25) is 0 Å². The highest BCUT2D eigenvalue weighted by Gasteiger charge is 2.43. The number of benzene rings is 2. The number of fused-ring (bicyclic) bond motifs is 1. The molecule has 2 atom stereocenters. The molecule has 176 valence electrons. The molecule has 0 unspecified atom stereocenters. The number of nitrogens with one attached hydrogen (secondary N) is 1. The second kappa shape index (κ2) is 8.53. The summed E-state index contributed by atoms with van der Waals surface area (Å²) in [5, 5.41) is 3.12. The molecule has 0 fully saturated rings. The van der Waals surface area contributed by atoms with Crippen molar-refractivity contribution in [2.75, 3.05) is 0 Å². The van der Waals surface area contributed by atoms with Gasteiger partial charge >= 0.3 is 0 Å². The molecule has 0 radical (unpaired) electrons. The smallest absolute Gasteiger partial charge is 0.251 e. The van der Waals surface area contributed by atoms with Crippen LogP contribution in [0.3, 0.4) is 0 Å². The van der Waals surface area contributed by atoms with Crippen LogP contribution in [0.5, 0.6) is 5.75 Å². The zero-order valence-electron chi connectivity index (χ0n) is 20.0. The first kappa shape index (κ1) is 23.4. The number of ether oxygens (including phenoxy) is 1. The third-order valence-corrected chi connectivity index (χ3v) is 6.28. The highest BCUT2D eigenvalue weighted by Crippen LogP contribution is 2.43. The number of nitrogens with zero attached hydrogens (tertiary/aromatic N) is 2. The Labute approximate surface area is 200 Å². The van der Waals surface area contributed by atoms with Crippen LogP contribution < -0.4 is 15.8 Å². The molecule has 0 bridgehead atoms. The van der Waals surface area contributed by atoms with E-state index in [1.807, 2.05) is 58.0 Å². The number of rotatable bonds is 4. The number of para-hydroxylation sites is 1. The fourth-order valence-electron chi connectivity index (χ4n) is 4.61. The minimum atomic E-state index is -0.651. The molecule has 7 nitrogen and oxygen atoms in total. The van der Waals surface area contributed by atoms with Crippen molar-refractivity contribution in [3.05, 3.63) is 65.2 Å². The lowest BCUT2D eigenvalue weighted by Gasteiger charge is -2.42. The number of guanidine groups is 1. The molecule has 4 rings (SSSR count). The first-order chi connectivity index (χ1) is 16.0. The molecule has 2 heterocycles. The lowest BCUT2D eigenvalue weighted by Crippen LogP contribution is -2.49. The fourth-order valence-corrected chi connectivity index (χ4v) is 4.61. The number of aliphatic imine (C=N–C) groups is 1. The number of amides is 2. The summed E-state index contributed by atoms with van der Waals surface area (Å²) in [6.45, 7) is 7.84. The molecule has 34 heavy (non-hydrogen) atoms. The average molecular weight is 459 g/mol. The number of terminal acetylenes is 1. The highest BCUT2D eigenvalue weighted by molar-refractivity contribution is 5.99. The van der Waals surface area contributed by atoms with Crippen LogP contribution in [0.4, 0.5) is 0 Å². The standard InChI is InChI=1S/C27H30N4O3/c1-6-20-23(19-12-7-8-13-21(19)34-27(20,4)5)29-24(33)18-11-9-10-17(14-18)16-31-22(32)15-26(2,3)30-25(31)28/h1,7-14,20,23H,15-16H2,2-5H3,(H2,28,30)(H,29,33)/t20-,23+/m0/s1. The molecule has 2 amide bonds. The Balaban J connectivity index is 1.57. The van der Waals surface area contributed by atoms with Gasteiger partial charge in [-0.15, -0.1) is 6.42 Å². The predicted octanol–water partition coefficient (Wildman–Crippen LogP) is 3.40. The second-order valence-electron chi connectivity index (χ2n) is 9.98. The van der Waals surface area contributed by atoms with Gasteiger partial charge in [0.25, 0.3) is 5.91 Å². The molecule has 2 aromatic rings. The van der Waals surface area contributed by atoms with Gasteiger partial charge in [0.2, 0.25) is 5.91 Å². The van der Waals surface area contributed by atoms with Gasteiger partial charge in [-0.1, -0.05) is 36.3 Å². The molecule has 7 heteroatoms. The highest BCUT2D eigenvalue weighted by atomic mass is 16.5. The summed E-state index contributed by atoms with van der Waals surface area (Å²) < 4.78 is 6.12. The number of hydrogen-bond donors (Lipinski definition) is 2. The third-order valence-electron chi connectivity index (χ3n) is 6.28. The topological polar surface area (TPSA) is 97.0 Å². The van der Waals surface area contributed by atoms with Gasteiger partial charge in [-0.25, -0.2) is 4.99 Å². The molecule has 3 N–H and O–H groups in total. The predicted molar refractivity (Wildman–Crippen MR) is 131 cm³/mol. The quantitative estimate of drug-likeness (QED) is 0.686. The molecule has 2 aromatic carbocycles. The van der Waals surface area contributed by atoms with E-state index in [-0.39, 0.29) is 36.7 Å². The van der Waals surface area contributed by atoms with Gasteiger partial charge in [0.1, 0.15) is 11.4 Å². The van der Waals surface area contributed by atoms with Gasteiger partial charge < -0.3 is 15.8 Å². The molecule has 2 aliphatic rings. The van der Waals surface area contributed by atoms with Crippen LogP contribution in [0.25, 0.3) is 0 Å². The maximum absolute atomic E-state index is 13.3. The maximum Gasteiger partial charge on any atom is 0.251 e. The lowest BCUT2D eigenvalue weighted by atomic mass is 9.79. The summed E-state index contributed by atoms with van der Waals surface area (Å²) in [6.07, 6.45) is 6.15. The zero-order valence-corrected chi connectivity index (χ0v) is 20.0. The molecular formula is C27H30N4O3. The number of nitrogens with two attached hydrogens (primary N) is 1. The Kier molecular flexibility index (Phi) is 5.86. The van der Waals surface area contributed by atoms with E-state index >= 15 is 0 Å². The van der Waals surface area contributed by atoms with E-state index < -0.39 is 17.2 Å². The van der Waals surface area contributed by atoms with Crippen molar-refractivity contribution < 1.29 is 14.3 Å². The van der Waals surface area contributed by atoms with Gasteiger partial charge in [-0.3, -0.25) is 14.5 Å². The number of carbonyl (C=O) groups excluding carboxylic acids is 2. The molecule has 0 aliphatic carbocycles. The van der Waals surface area contributed by atoms with Gasteiger partial charge in [0.05, 0.1) is 30.5 Å². The van der Waals surface area contributed by atoms with Gasteiger partial charge in [0.15, 0.2) is 5.96 Å². The lowest BCUT2D eigenvalue weighted by molar-refractivity contribution is -0.129. The Bertz CT molecular complexity index is 1210. The zero-order chi connectivity index (χ0) is 24.7. The Morgan fingerprint density at radius 3 is 2.68 bits per heavy atom. The summed E-state index contributed by atoms with van der Waals surface area (Å²) >= 11 is 0. The Morgan fingerprint density at radius 1 is 1.24 bits per heavy atom. The minimum absolute atomic E-state index is 0.0924. The van der Waals surface area contributed by atoms with Crippen molar-refractivity contribution in [3.8, 4) is 18.1 Å². The third kappa shape index (κ3) is 4.49. The molecule has 2 aliphatic heterocycles. The van der Waals surface area contributed by atoms with Crippen molar-refractivity contribution in [1.29, 1.82) is 0 Å². The van der Waals surface area contributed by atoms with E-state index in [0.29, 0.717) is 11.3 Å². The molecule has 0 saturated carbocycles. The normalized spacial score (nSPS) is 22.6. The minimum Gasteiger partial charge on any atom is -0.486 e. The molecular weight excluding hydrogens is 428 g/mol. The first-order valence-electron chi connectivity index (χ1n) is 11.3. The summed E-state index contributed by atoms with van der Waals surface area (Å²) in [7, 11) is 0. The summed E-state index contributed by atoms with van der Waals surface area (Å²) in [5.41, 5.74) is 6.99. The van der Waals surface area contributed by atoms with Crippen LogP contribution >= 0.6 is 0 Å². The largest absolute Gasteiger partial charge is 0.486 e. The van der Waals surface area contributed by atoms with E-state index in [4.69, 9.17) is 16.9 Å². The van der Waals surface area contributed by atoms with Gasteiger partial charge in [0, 0.05) is 11.1 Å². The van der Waals surface area contributed by atoms with E-state index in [1.165, 1.54) is 4.90 Å². The fraction of sp³-hybridized carbons (Fsp3) is 0.370. The molecule has 0 spiro atoms. The Hall–Kier alpha value is -3.79. The number of hydrogen-bond acceptors (Lipinski definition) is 5. The number of carbonyl (C=O) groups is 2. The van der Waals surface area contributed by atoms with E-state index in [2.05, 4.69) is 16.2 Å². The van der Waals surface area contributed by atoms with E-state index in [1.54, 1.807) is 18.2 Å². The van der Waals surface area contributed by atoms with E-state index in [0.717, 1.165) is 11.1 Å². The monoisotopic (exact) mass is 458 g/mol. The molecule has 0 aromatic heterocycles. The SMILES string of the molecule is C#C[C@H]1[C@H](NC(=O)c2cccc(CN3C(=O)CC(C)(C)N=C3N)c2)c2ccccc2OC1(C)C. The van der Waals surface area contributed by atoms with Crippen LogP contribution in [0.1, 0.15) is 61.6 Å². The van der Waals surface area contributed by atoms with Crippen LogP contribution in [-0.4, -0.2) is 33.8 Å². The van der Waals surface area contributed by atoms with E-state index in [9.17, 15) is 9.59 Å². The maximum atomic E-state index is 13.3. The summed E-state index contributed by atoms with van der Waals surface area (Å²) in [6, 6.07) is 14.3. The van der Waals surface area contributed by atoms with Crippen molar-refractivity contribution in [1.82, 2.24) is 10.2 Å². The van der Waals surface area contributed by atoms with Crippen molar-refractivity contribution in [3.63, 3.8) is 0 Å². The average Bonchev–Trinajstić information content (AvgIpc) is 2.75. The van der Waals surface area contributed by atoms with Crippen LogP contribution in [0.15, 0.2) is 53.5 Å². The van der Waals surface area contributed by atoms with Gasteiger partial charge in [-0.2, -0.15) is 0 Å². The van der Waals surface area contributed by atoms with Gasteiger partial charge in [-0.05, 0) is 51.5 Å². The van der Waals surface area contributed by atoms with Crippen molar-refractivity contribution in [2.45, 2.75) is 57.8 Å².